The van der Waals surface area contributed by atoms with Crippen LogP contribution in [0.1, 0.15) is 38.7 Å². The molecule has 1 atom stereocenters. The lowest BCUT2D eigenvalue weighted by molar-refractivity contribution is 0.348. The van der Waals surface area contributed by atoms with E-state index in [1.807, 2.05) is 12.1 Å². The molecule has 0 bridgehead atoms. The fraction of sp³-hybridized carbons (Fsp3) is 0.500. The third-order valence-electron chi connectivity index (χ3n) is 3.13. The highest BCUT2D eigenvalue weighted by Gasteiger charge is 2.03. The van der Waals surface area contributed by atoms with Crippen LogP contribution in [0.25, 0.3) is 0 Å². The molecule has 2 nitrogen and oxygen atoms in total. The van der Waals surface area contributed by atoms with Crippen molar-refractivity contribution in [2.24, 2.45) is 0 Å². The van der Waals surface area contributed by atoms with Gasteiger partial charge in [-0.15, -0.1) is 0 Å². The lowest BCUT2D eigenvalue weighted by Crippen LogP contribution is -2.18. The Hall–Kier alpha value is -1.28. The number of hydrogen-bond donors (Lipinski definition) is 1. The van der Waals surface area contributed by atoms with Gasteiger partial charge in [-0.1, -0.05) is 39.5 Å². The number of rotatable bonds is 8. The molecule has 0 aromatic heterocycles. The van der Waals surface area contributed by atoms with Crippen LogP contribution in [0.15, 0.2) is 36.4 Å². The van der Waals surface area contributed by atoms with Gasteiger partial charge >= 0.3 is 0 Å². The summed E-state index contributed by atoms with van der Waals surface area (Å²) in [4.78, 5) is 0. The first-order valence-electron chi connectivity index (χ1n) is 6.77. The van der Waals surface area contributed by atoms with Crippen LogP contribution in [0.5, 0.6) is 5.75 Å². The van der Waals surface area contributed by atoms with Crippen molar-refractivity contribution in [2.75, 3.05) is 19.7 Å². The molecule has 18 heavy (non-hydrogen) atoms. The fourth-order valence-electron chi connectivity index (χ4n) is 1.67. The van der Waals surface area contributed by atoms with Crippen LogP contribution in [-0.4, -0.2) is 19.7 Å². The van der Waals surface area contributed by atoms with Crippen LogP contribution in [0.2, 0.25) is 0 Å². The van der Waals surface area contributed by atoms with Crippen molar-refractivity contribution in [3.8, 4) is 5.75 Å². The smallest absolute Gasteiger partial charge is 0.119 e. The second kappa shape index (κ2) is 7.93. The molecule has 0 radical (unpaired) electrons. The largest absolute Gasteiger partial charge is 0.489 e. The summed E-state index contributed by atoms with van der Waals surface area (Å²) in [5.41, 5.74) is 2.44. The van der Waals surface area contributed by atoms with Gasteiger partial charge in [-0.05, 0) is 42.2 Å². The van der Waals surface area contributed by atoms with Crippen molar-refractivity contribution in [3.63, 3.8) is 0 Å². The summed E-state index contributed by atoms with van der Waals surface area (Å²) in [6, 6.07) is 8.39. The number of benzene rings is 1. The molecule has 1 rings (SSSR count). The monoisotopic (exact) mass is 247 g/mol. The summed E-state index contributed by atoms with van der Waals surface area (Å²) in [6.07, 6.45) is 1.17. The highest BCUT2D eigenvalue weighted by Crippen LogP contribution is 2.21. The third kappa shape index (κ3) is 4.92. The maximum absolute atomic E-state index is 5.69. The van der Waals surface area contributed by atoms with E-state index in [1.165, 1.54) is 12.0 Å². The Kier molecular flexibility index (Phi) is 6.51. The van der Waals surface area contributed by atoms with E-state index in [4.69, 9.17) is 4.74 Å². The summed E-state index contributed by atoms with van der Waals surface area (Å²) in [5, 5.41) is 3.24. The molecule has 0 saturated carbocycles. The van der Waals surface area contributed by atoms with E-state index >= 15 is 0 Å². The van der Waals surface area contributed by atoms with Gasteiger partial charge in [0.1, 0.15) is 12.4 Å². The summed E-state index contributed by atoms with van der Waals surface area (Å²) in [6.45, 7) is 12.9. The molecule has 100 valence electrons. The predicted molar refractivity (Wildman–Crippen MR) is 78.3 cm³/mol. The molecule has 0 aliphatic heterocycles. The van der Waals surface area contributed by atoms with E-state index in [9.17, 15) is 0 Å². The van der Waals surface area contributed by atoms with E-state index < -0.39 is 0 Å². The first kappa shape index (κ1) is 14.8. The van der Waals surface area contributed by atoms with E-state index in [0.29, 0.717) is 12.5 Å². The molecule has 0 amide bonds. The molecular formula is C16H25NO. The van der Waals surface area contributed by atoms with Crippen LogP contribution < -0.4 is 10.1 Å². The molecule has 0 saturated heterocycles. The molecule has 1 unspecified atom stereocenters. The minimum absolute atomic E-state index is 0.579. The van der Waals surface area contributed by atoms with Crippen LogP contribution in [0.3, 0.4) is 0 Å². The summed E-state index contributed by atoms with van der Waals surface area (Å²) >= 11 is 0. The maximum atomic E-state index is 5.69. The highest BCUT2D eigenvalue weighted by atomic mass is 16.5. The number of likely N-dealkylation sites (N-methyl/N-ethyl adjacent to an activating group) is 1. The van der Waals surface area contributed by atoms with Crippen molar-refractivity contribution >= 4 is 0 Å². The summed E-state index contributed by atoms with van der Waals surface area (Å²) < 4.78 is 5.69. The Morgan fingerprint density at radius 1 is 1.28 bits per heavy atom. The third-order valence-corrected chi connectivity index (χ3v) is 3.13. The van der Waals surface area contributed by atoms with E-state index in [1.54, 1.807) is 0 Å². The predicted octanol–water partition coefficient (Wildman–Crippen LogP) is 3.74. The zero-order chi connectivity index (χ0) is 13.4. The molecule has 0 aliphatic carbocycles. The second-order valence-corrected chi connectivity index (χ2v) is 4.70. The Labute approximate surface area is 111 Å². The van der Waals surface area contributed by atoms with E-state index in [0.717, 1.165) is 24.4 Å². The number of nitrogens with one attached hydrogen (secondary N) is 1. The Morgan fingerprint density at radius 3 is 2.50 bits per heavy atom. The molecule has 0 aliphatic rings. The van der Waals surface area contributed by atoms with Crippen molar-refractivity contribution in [1.82, 2.24) is 5.32 Å². The molecule has 0 spiro atoms. The van der Waals surface area contributed by atoms with Crippen molar-refractivity contribution in [1.29, 1.82) is 0 Å². The first-order valence-corrected chi connectivity index (χ1v) is 6.77. The van der Waals surface area contributed by atoms with Gasteiger partial charge in [0.05, 0.1) is 0 Å². The van der Waals surface area contributed by atoms with Crippen LogP contribution in [0, 0.1) is 0 Å². The lowest BCUT2D eigenvalue weighted by atomic mass is 9.99. The van der Waals surface area contributed by atoms with Crippen molar-refractivity contribution < 1.29 is 4.74 Å². The molecule has 0 fully saturated rings. The highest BCUT2D eigenvalue weighted by molar-refractivity contribution is 5.29. The summed E-state index contributed by atoms with van der Waals surface area (Å²) in [5.74, 6) is 1.53. The average Bonchev–Trinajstić information content (AvgIpc) is 2.42. The Balaban J connectivity index is 2.41. The maximum Gasteiger partial charge on any atom is 0.119 e. The quantitative estimate of drug-likeness (QED) is 0.706. The standard InChI is InChI=1S/C16H25NO/c1-5-14(4)15-7-9-16(10-8-15)18-12-13(3)11-17-6-2/h7-10,14,17H,3,5-6,11-12H2,1-2,4H3. The lowest BCUT2D eigenvalue weighted by Gasteiger charge is -2.12. The number of ether oxygens (including phenoxy) is 1. The minimum atomic E-state index is 0.579. The number of hydrogen-bond acceptors (Lipinski definition) is 2. The van der Waals surface area contributed by atoms with Crippen molar-refractivity contribution in [3.05, 3.63) is 42.0 Å². The molecule has 1 N–H and O–H groups in total. The van der Waals surface area contributed by atoms with Gasteiger partial charge in [0.2, 0.25) is 0 Å². The van der Waals surface area contributed by atoms with Gasteiger partial charge in [0.15, 0.2) is 0 Å². The molecule has 2 heteroatoms. The molecule has 1 aromatic rings. The van der Waals surface area contributed by atoms with Crippen molar-refractivity contribution in [2.45, 2.75) is 33.1 Å². The van der Waals surface area contributed by atoms with Crippen LogP contribution in [0.4, 0.5) is 0 Å². The summed E-state index contributed by atoms with van der Waals surface area (Å²) in [7, 11) is 0. The van der Waals surface area contributed by atoms with Gasteiger partial charge in [0.25, 0.3) is 0 Å². The van der Waals surface area contributed by atoms with Gasteiger partial charge in [0, 0.05) is 6.54 Å². The average molecular weight is 247 g/mol. The van der Waals surface area contributed by atoms with Gasteiger partial charge in [-0.2, -0.15) is 0 Å². The van der Waals surface area contributed by atoms with E-state index in [2.05, 4.69) is 44.8 Å². The molecule has 0 heterocycles. The topological polar surface area (TPSA) is 21.3 Å². The van der Waals surface area contributed by atoms with Gasteiger partial charge < -0.3 is 10.1 Å². The zero-order valence-corrected chi connectivity index (χ0v) is 11.8. The normalized spacial score (nSPS) is 12.2. The van der Waals surface area contributed by atoms with Crippen LogP contribution in [-0.2, 0) is 0 Å². The van der Waals surface area contributed by atoms with Crippen LogP contribution >= 0.6 is 0 Å². The second-order valence-electron chi connectivity index (χ2n) is 4.70. The first-order chi connectivity index (χ1) is 8.67. The fourth-order valence-corrected chi connectivity index (χ4v) is 1.67. The van der Waals surface area contributed by atoms with E-state index in [-0.39, 0.29) is 0 Å². The zero-order valence-electron chi connectivity index (χ0n) is 11.8. The van der Waals surface area contributed by atoms with Gasteiger partial charge in [-0.25, -0.2) is 0 Å². The minimum Gasteiger partial charge on any atom is -0.489 e. The SMILES string of the molecule is C=C(CNCC)COc1ccc(C(C)CC)cc1. The van der Waals surface area contributed by atoms with Gasteiger partial charge in [-0.3, -0.25) is 0 Å². The molecule has 1 aromatic carbocycles. The Morgan fingerprint density at radius 2 is 1.94 bits per heavy atom. The Bertz CT molecular complexity index is 356. The molecular weight excluding hydrogens is 222 g/mol.